The van der Waals surface area contributed by atoms with E-state index in [0.29, 0.717) is 6.54 Å². The lowest BCUT2D eigenvalue weighted by Gasteiger charge is -2.09. The SMILES string of the molecule is NC(CC(=O)O)C(=O)NCc1cccnc1. The number of nitrogens with one attached hydrogen (secondary N) is 1. The molecule has 0 spiro atoms. The van der Waals surface area contributed by atoms with Crippen LogP contribution in [0.3, 0.4) is 0 Å². The molecule has 1 amide bonds. The van der Waals surface area contributed by atoms with Crippen LogP contribution in [0.2, 0.25) is 0 Å². The number of nitrogens with two attached hydrogens (primary N) is 1. The molecule has 1 heterocycles. The molecule has 0 bridgehead atoms. The quantitative estimate of drug-likeness (QED) is 0.624. The first-order valence-electron chi connectivity index (χ1n) is 4.73. The Morgan fingerprint density at radius 1 is 1.56 bits per heavy atom. The van der Waals surface area contributed by atoms with Crippen molar-refractivity contribution in [2.45, 2.75) is 19.0 Å². The molecule has 0 fully saturated rings. The van der Waals surface area contributed by atoms with Gasteiger partial charge in [0.2, 0.25) is 5.91 Å². The van der Waals surface area contributed by atoms with Crippen molar-refractivity contribution in [3.8, 4) is 0 Å². The third-order valence-corrected chi connectivity index (χ3v) is 1.92. The molecule has 0 aromatic carbocycles. The molecule has 0 aliphatic rings. The van der Waals surface area contributed by atoms with E-state index in [2.05, 4.69) is 10.3 Å². The van der Waals surface area contributed by atoms with Crippen LogP contribution in [-0.2, 0) is 16.1 Å². The molecule has 0 saturated carbocycles. The van der Waals surface area contributed by atoms with Crippen LogP contribution in [0.5, 0.6) is 0 Å². The molecular weight excluding hydrogens is 210 g/mol. The molecule has 1 aromatic heterocycles. The fraction of sp³-hybridized carbons (Fsp3) is 0.300. The number of aliphatic carboxylic acids is 1. The van der Waals surface area contributed by atoms with Gasteiger partial charge in [0.1, 0.15) is 0 Å². The predicted octanol–water partition coefficient (Wildman–Crippen LogP) is -0.500. The van der Waals surface area contributed by atoms with E-state index in [1.807, 2.05) is 0 Å². The van der Waals surface area contributed by atoms with Gasteiger partial charge >= 0.3 is 5.97 Å². The highest BCUT2D eigenvalue weighted by molar-refractivity contribution is 5.85. The van der Waals surface area contributed by atoms with E-state index in [0.717, 1.165) is 5.56 Å². The minimum atomic E-state index is -1.09. The fourth-order valence-electron chi connectivity index (χ4n) is 1.10. The Hall–Kier alpha value is -1.95. The number of carbonyl (C=O) groups excluding carboxylic acids is 1. The predicted molar refractivity (Wildman–Crippen MR) is 56.3 cm³/mol. The number of carboxylic acids is 1. The van der Waals surface area contributed by atoms with E-state index in [4.69, 9.17) is 10.8 Å². The maximum atomic E-state index is 11.3. The van der Waals surface area contributed by atoms with Crippen LogP contribution in [0, 0.1) is 0 Å². The first-order chi connectivity index (χ1) is 7.59. The Bertz CT molecular complexity index is 367. The van der Waals surface area contributed by atoms with Crippen molar-refractivity contribution in [2.75, 3.05) is 0 Å². The molecule has 0 aliphatic heterocycles. The Morgan fingerprint density at radius 3 is 2.88 bits per heavy atom. The highest BCUT2D eigenvalue weighted by Gasteiger charge is 2.16. The maximum absolute atomic E-state index is 11.3. The molecule has 1 unspecified atom stereocenters. The van der Waals surface area contributed by atoms with Crippen LogP contribution >= 0.6 is 0 Å². The number of amides is 1. The zero-order chi connectivity index (χ0) is 12.0. The standard InChI is InChI=1S/C10H13N3O3/c11-8(4-9(14)15)10(16)13-6-7-2-1-3-12-5-7/h1-3,5,8H,4,6,11H2,(H,13,16)(H,14,15). The Labute approximate surface area is 92.5 Å². The lowest BCUT2D eigenvalue weighted by Crippen LogP contribution is -2.41. The van der Waals surface area contributed by atoms with Crippen molar-refractivity contribution in [3.63, 3.8) is 0 Å². The normalized spacial score (nSPS) is 11.8. The summed E-state index contributed by atoms with van der Waals surface area (Å²) in [7, 11) is 0. The summed E-state index contributed by atoms with van der Waals surface area (Å²) >= 11 is 0. The molecule has 16 heavy (non-hydrogen) atoms. The average molecular weight is 223 g/mol. The number of hydrogen-bond acceptors (Lipinski definition) is 4. The minimum absolute atomic E-state index is 0.292. The summed E-state index contributed by atoms with van der Waals surface area (Å²) in [5, 5.41) is 11.0. The van der Waals surface area contributed by atoms with Crippen LogP contribution in [-0.4, -0.2) is 28.0 Å². The zero-order valence-electron chi connectivity index (χ0n) is 8.59. The van der Waals surface area contributed by atoms with E-state index < -0.39 is 17.9 Å². The second-order valence-corrected chi connectivity index (χ2v) is 3.28. The van der Waals surface area contributed by atoms with Crippen LogP contribution in [0.15, 0.2) is 24.5 Å². The van der Waals surface area contributed by atoms with E-state index >= 15 is 0 Å². The van der Waals surface area contributed by atoms with Crippen molar-refractivity contribution < 1.29 is 14.7 Å². The highest BCUT2D eigenvalue weighted by atomic mass is 16.4. The van der Waals surface area contributed by atoms with Gasteiger partial charge in [-0.25, -0.2) is 0 Å². The lowest BCUT2D eigenvalue weighted by molar-refractivity contribution is -0.139. The molecule has 1 rings (SSSR count). The van der Waals surface area contributed by atoms with Gasteiger partial charge < -0.3 is 16.2 Å². The van der Waals surface area contributed by atoms with Crippen LogP contribution < -0.4 is 11.1 Å². The Kier molecular flexibility index (Phi) is 4.41. The molecule has 1 atom stereocenters. The molecule has 1 aromatic rings. The van der Waals surface area contributed by atoms with Gasteiger partial charge in [-0.05, 0) is 11.6 Å². The molecule has 4 N–H and O–H groups in total. The van der Waals surface area contributed by atoms with Crippen LogP contribution in [0.25, 0.3) is 0 Å². The van der Waals surface area contributed by atoms with Gasteiger partial charge in [-0.15, -0.1) is 0 Å². The van der Waals surface area contributed by atoms with Crippen LogP contribution in [0.1, 0.15) is 12.0 Å². The number of carboxylic acid groups (broad SMARTS) is 1. The monoisotopic (exact) mass is 223 g/mol. The number of nitrogens with zero attached hydrogens (tertiary/aromatic N) is 1. The van der Waals surface area contributed by atoms with Crippen molar-refractivity contribution in [1.82, 2.24) is 10.3 Å². The van der Waals surface area contributed by atoms with Gasteiger partial charge in [0.15, 0.2) is 0 Å². The van der Waals surface area contributed by atoms with Crippen molar-refractivity contribution >= 4 is 11.9 Å². The first kappa shape index (κ1) is 12.1. The van der Waals surface area contributed by atoms with Gasteiger partial charge in [0.25, 0.3) is 0 Å². The summed E-state index contributed by atoms with van der Waals surface area (Å²) in [6.45, 7) is 0.292. The van der Waals surface area contributed by atoms with Gasteiger partial charge in [0, 0.05) is 18.9 Å². The summed E-state index contributed by atoms with van der Waals surface area (Å²) in [5.74, 6) is -1.57. The smallest absolute Gasteiger partial charge is 0.305 e. The maximum Gasteiger partial charge on any atom is 0.305 e. The second-order valence-electron chi connectivity index (χ2n) is 3.28. The summed E-state index contributed by atoms with van der Waals surface area (Å²) in [5.41, 5.74) is 6.21. The Balaban J connectivity index is 2.38. The van der Waals surface area contributed by atoms with Gasteiger partial charge in [-0.2, -0.15) is 0 Å². The summed E-state index contributed by atoms with van der Waals surface area (Å²) < 4.78 is 0. The summed E-state index contributed by atoms with van der Waals surface area (Å²) in [4.78, 5) is 25.5. The molecule has 6 nitrogen and oxygen atoms in total. The van der Waals surface area contributed by atoms with Crippen molar-refractivity contribution in [3.05, 3.63) is 30.1 Å². The topological polar surface area (TPSA) is 105 Å². The number of aromatic nitrogens is 1. The largest absolute Gasteiger partial charge is 0.481 e. The molecule has 6 heteroatoms. The average Bonchev–Trinajstić information content (AvgIpc) is 2.26. The molecular formula is C10H13N3O3. The molecule has 0 saturated heterocycles. The van der Waals surface area contributed by atoms with Crippen LogP contribution in [0.4, 0.5) is 0 Å². The third kappa shape index (κ3) is 4.05. The minimum Gasteiger partial charge on any atom is -0.481 e. The highest BCUT2D eigenvalue weighted by Crippen LogP contribution is 1.95. The van der Waals surface area contributed by atoms with Gasteiger partial charge in [-0.3, -0.25) is 14.6 Å². The number of hydrogen-bond donors (Lipinski definition) is 3. The Morgan fingerprint density at radius 2 is 2.31 bits per heavy atom. The van der Waals surface area contributed by atoms with Crippen molar-refractivity contribution in [2.24, 2.45) is 5.73 Å². The second kappa shape index (κ2) is 5.82. The van der Waals surface area contributed by atoms with E-state index in [1.165, 1.54) is 0 Å². The number of pyridine rings is 1. The van der Waals surface area contributed by atoms with E-state index in [-0.39, 0.29) is 6.42 Å². The van der Waals surface area contributed by atoms with Gasteiger partial charge in [-0.1, -0.05) is 6.07 Å². The third-order valence-electron chi connectivity index (χ3n) is 1.92. The summed E-state index contributed by atoms with van der Waals surface area (Å²) in [6.07, 6.45) is 2.86. The molecule has 86 valence electrons. The van der Waals surface area contributed by atoms with Gasteiger partial charge in [0.05, 0.1) is 12.5 Å². The first-order valence-corrected chi connectivity index (χ1v) is 4.73. The zero-order valence-corrected chi connectivity index (χ0v) is 8.59. The molecule has 0 radical (unpaired) electrons. The van der Waals surface area contributed by atoms with Crippen molar-refractivity contribution in [1.29, 1.82) is 0 Å². The number of rotatable bonds is 5. The van der Waals surface area contributed by atoms with E-state index in [9.17, 15) is 9.59 Å². The summed E-state index contributed by atoms with van der Waals surface area (Å²) in [6, 6.07) is 2.53. The lowest BCUT2D eigenvalue weighted by atomic mass is 10.2. The van der Waals surface area contributed by atoms with E-state index in [1.54, 1.807) is 24.5 Å². The fourth-order valence-corrected chi connectivity index (χ4v) is 1.10. The molecule has 0 aliphatic carbocycles. The number of carbonyl (C=O) groups is 2.